The normalized spacial score (nSPS) is 17.1. The van der Waals surface area contributed by atoms with Gasteiger partial charge in [-0.3, -0.25) is 4.79 Å². The minimum atomic E-state index is -0.666. The van der Waals surface area contributed by atoms with Crippen LogP contribution in [0.1, 0.15) is 18.4 Å². The van der Waals surface area contributed by atoms with Crippen molar-refractivity contribution in [3.8, 4) is 11.1 Å². The molecule has 2 aromatic carbocycles. The topological polar surface area (TPSA) is 49.3 Å². The lowest BCUT2D eigenvalue weighted by Crippen LogP contribution is -2.43. The number of piperidine rings is 1. The lowest BCUT2D eigenvalue weighted by atomic mass is 9.74. The van der Waals surface area contributed by atoms with Crippen LogP contribution in [0.3, 0.4) is 0 Å². The Bertz CT molecular complexity index is 628. The third-order valence-electron chi connectivity index (χ3n) is 4.62. The van der Waals surface area contributed by atoms with Crippen LogP contribution in [-0.4, -0.2) is 24.2 Å². The number of hydrogen-bond donors (Lipinski definition) is 2. The van der Waals surface area contributed by atoms with Crippen LogP contribution in [0.5, 0.6) is 0 Å². The van der Waals surface area contributed by atoms with Gasteiger partial charge in [0.15, 0.2) is 0 Å². The molecule has 0 aromatic heterocycles. The third-order valence-corrected chi connectivity index (χ3v) is 4.62. The van der Waals surface area contributed by atoms with Gasteiger partial charge in [-0.05, 0) is 49.0 Å². The zero-order valence-corrected chi connectivity index (χ0v) is 12.6. The minimum Gasteiger partial charge on any atom is -0.481 e. The second-order valence-electron chi connectivity index (χ2n) is 6.08. The minimum absolute atomic E-state index is 0.610. The predicted molar refractivity (Wildman–Crippen MR) is 87.8 cm³/mol. The molecule has 1 saturated heterocycles. The Kier molecular flexibility index (Phi) is 4.25. The largest absolute Gasteiger partial charge is 0.481 e. The van der Waals surface area contributed by atoms with Crippen molar-refractivity contribution in [1.82, 2.24) is 5.32 Å². The zero-order valence-electron chi connectivity index (χ0n) is 12.6. The molecule has 0 aliphatic carbocycles. The lowest BCUT2D eigenvalue weighted by molar-refractivity contribution is -0.150. The second kappa shape index (κ2) is 6.32. The van der Waals surface area contributed by atoms with Crippen molar-refractivity contribution in [2.45, 2.75) is 19.3 Å². The predicted octanol–water partition coefficient (Wildman–Crippen LogP) is 3.35. The van der Waals surface area contributed by atoms with E-state index < -0.39 is 11.4 Å². The molecule has 3 rings (SSSR count). The number of nitrogens with one attached hydrogen (secondary N) is 1. The van der Waals surface area contributed by atoms with E-state index in [0.29, 0.717) is 19.3 Å². The molecule has 114 valence electrons. The standard InChI is InChI=1S/C19H21NO2/c21-18(22)19(10-12-20-13-11-19)14-15-6-8-17(9-7-15)16-4-2-1-3-5-16/h1-9,20H,10-14H2,(H,21,22). The van der Waals surface area contributed by atoms with Crippen molar-refractivity contribution < 1.29 is 9.90 Å². The van der Waals surface area contributed by atoms with Crippen LogP contribution < -0.4 is 5.32 Å². The molecule has 2 N–H and O–H groups in total. The second-order valence-corrected chi connectivity index (χ2v) is 6.08. The molecular weight excluding hydrogens is 274 g/mol. The zero-order chi connectivity index (χ0) is 15.4. The lowest BCUT2D eigenvalue weighted by Gasteiger charge is -2.33. The number of carbonyl (C=O) groups is 1. The van der Waals surface area contributed by atoms with Crippen LogP contribution in [-0.2, 0) is 11.2 Å². The summed E-state index contributed by atoms with van der Waals surface area (Å²) in [4.78, 5) is 11.7. The molecule has 0 amide bonds. The Labute approximate surface area is 131 Å². The van der Waals surface area contributed by atoms with Gasteiger partial charge in [-0.2, -0.15) is 0 Å². The monoisotopic (exact) mass is 295 g/mol. The first-order valence-corrected chi connectivity index (χ1v) is 7.78. The summed E-state index contributed by atoms with van der Waals surface area (Å²) in [6.07, 6.45) is 2.00. The fraction of sp³-hybridized carbons (Fsp3) is 0.316. The van der Waals surface area contributed by atoms with Crippen molar-refractivity contribution >= 4 is 5.97 Å². The summed E-state index contributed by atoms with van der Waals surface area (Å²) in [5.41, 5.74) is 2.84. The highest BCUT2D eigenvalue weighted by atomic mass is 16.4. The molecule has 1 aliphatic heterocycles. The van der Waals surface area contributed by atoms with Gasteiger partial charge < -0.3 is 10.4 Å². The summed E-state index contributed by atoms with van der Waals surface area (Å²) >= 11 is 0. The van der Waals surface area contributed by atoms with Gasteiger partial charge in [0, 0.05) is 0 Å². The highest BCUT2D eigenvalue weighted by Crippen LogP contribution is 2.33. The van der Waals surface area contributed by atoms with Crippen LogP contribution in [0.15, 0.2) is 54.6 Å². The van der Waals surface area contributed by atoms with Gasteiger partial charge in [0.25, 0.3) is 0 Å². The maximum atomic E-state index is 11.7. The molecule has 0 atom stereocenters. The first kappa shape index (κ1) is 14.8. The molecule has 3 heteroatoms. The molecule has 0 radical (unpaired) electrons. The Hall–Kier alpha value is -2.13. The van der Waals surface area contributed by atoms with E-state index in [4.69, 9.17) is 0 Å². The first-order chi connectivity index (χ1) is 10.7. The van der Waals surface area contributed by atoms with Crippen molar-refractivity contribution in [3.05, 3.63) is 60.2 Å². The summed E-state index contributed by atoms with van der Waals surface area (Å²) in [6.45, 7) is 1.57. The molecule has 1 heterocycles. The molecule has 0 bridgehead atoms. The SMILES string of the molecule is O=C(O)C1(Cc2ccc(-c3ccccc3)cc2)CCNCC1. The number of benzene rings is 2. The van der Waals surface area contributed by atoms with Gasteiger partial charge in [0.05, 0.1) is 5.41 Å². The fourth-order valence-corrected chi connectivity index (χ4v) is 3.21. The Morgan fingerprint density at radius 1 is 0.955 bits per heavy atom. The van der Waals surface area contributed by atoms with Crippen molar-refractivity contribution in [2.24, 2.45) is 5.41 Å². The van der Waals surface area contributed by atoms with E-state index in [-0.39, 0.29) is 0 Å². The molecule has 1 aliphatic rings. The molecule has 0 unspecified atom stereocenters. The molecule has 22 heavy (non-hydrogen) atoms. The van der Waals surface area contributed by atoms with Gasteiger partial charge in [-0.15, -0.1) is 0 Å². The molecule has 3 nitrogen and oxygen atoms in total. The van der Waals surface area contributed by atoms with E-state index in [2.05, 4.69) is 41.7 Å². The molecule has 1 fully saturated rings. The summed E-state index contributed by atoms with van der Waals surface area (Å²) < 4.78 is 0. The summed E-state index contributed by atoms with van der Waals surface area (Å²) in [7, 11) is 0. The average Bonchev–Trinajstić information content (AvgIpc) is 2.57. The van der Waals surface area contributed by atoms with E-state index in [1.165, 1.54) is 11.1 Å². The smallest absolute Gasteiger partial charge is 0.310 e. The summed E-state index contributed by atoms with van der Waals surface area (Å²) in [6, 6.07) is 18.5. The summed E-state index contributed by atoms with van der Waals surface area (Å²) in [5, 5.41) is 12.9. The van der Waals surface area contributed by atoms with Crippen LogP contribution in [0.25, 0.3) is 11.1 Å². The van der Waals surface area contributed by atoms with Gasteiger partial charge >= 0.3 is 5.97 Å². The van der Waals surface area contributed by atoms with Crippen molar-refractivity contribution in [3.63, 3.8) is 0 Å². The Morgan fingerprint density at radius 2 is 1.55 bits per heavy atom. The van der Waals surface area contributed by atoms with E-state index in [0.717, 1.165) is 18.7 Å². The Morgan fingerprint density at radius 3 is 2.14 bits per heavy atom. The highest BCUT2D eigenvalue weighted by molar-refractivity contribution is 5.75. The first-order valence-electron chi connectivity index (χ1n) is 7.78. The number of rotatable bonds is 4. The van der Waals surface area contributed by atoms with Crippen molar-refractivity contribution in [1.29, 1.82) is 0 Å². The maximum Gasteiger partial charge on any atom is 0.310 e. The van der Waals surface area contributed by atoms with Gasteiger partial charge in [0.2, 0.25) is 0 Å². The van der Waals surface area contributed by atoms with E-state index in [9.17, 15) is 9.90 Å². The number of hydrogen-bond acceptors (Lipinski definition) is 2. The maximum absolute atomic E-state index is 11.7. The average molecular weight is 295 g/mol. The molecule has 2 aromatic rings. The van der Waals surface area contributed by atoms with E-state index in [1.54, 1.807) is 0 Å². The summed E-state index contributed by atoms with van der Waals surface area (Å²) in [5.74, 6) is -0.666. The van der Waals surface area contributed by atoms with Crippen LogP contribution >= 0.6 is 0 Å². The highest BCUT2D eigenvalue weighted by Gasteiger charge is 2.39. The number of carboxylic acids is 1. The van der Waals surface area contributed by atoms with E-state index in [1.807, 2.05) is 18.2 Å². The third kappa shape index (κ3) is 3.04. The van der Waals surface area contributed by atoms with Crippen molar-refractivity contribution in [2.75, 3.05) is 13.1 Å². The quantitative estimate of drug-likeness (QED) is 0.909. The molecule has 0 spiro atoms. The van der Waals surface area contributed by atoms with Crippen LogP contribution in [0.4, 0.5) is 0 Å². The van der Waals surface area contributed by atoms with Crippen LogP contribution in [0, 0.1) is 5.41 Å². The fourth-order valence-electron chi connectivity index (χ4n) is 3.21. The van der Waals surface area contributed by atoms with Crippen LogP contribution in [0.2, 0.25) is 0 Å². The molecular formula is C19H21NO2. The number of carboxylic acid groups (broad SMARTS) is 1. The Balaban J connectivity index is 1.79. The molecule has 0 saturated carbocycles. The van der Waals surface area contributed by atoms with Gasteiger partial charge in [-0.25, -0.2) is 0 Å². The van der Waals surface area contributed by atoms with Gasteiger partial charge in [-0.1, -0.05) is 54.6 Å². The van der Waals surface area contributed by atoms with E-state index >= 15 is 0 Å². The number of aliphatic carboxylic acids is 1. The van der Waals surface area contributed by atoms with Gasteiger partial charge in [0.1, 0.15) is 0 Å².